The Morgan fingerprint density at radius 1 is 1.07 bits per heavy atom. The van der Waals surface area contributed by atoms with Gasteiger partial charge >= 0.3 is 0 Å². The van der Waals surface area contributed by atoms with Gasteiger partial charge in [0.1, 0.15) is 10.8 Å². The molecule has 0 unspecified atom stereocenters. The SMILES string of the molecule is Cc1ccc(F)cc1S(=O)(=O)Nc1ccc(-c2nc3ccccc3s2)c(Cl)c1. The van der Waals surface area contributed by atoms with E-state index >= 15 is 0 Å². The van der Waals surface area contributed by atoms with Gasteiger partial charge in [-0.1, -0.05) is 29.8 Å². The van der Waals surface area contributed by atoms with Crippen molar-refractivity contribution in [2.75, 3.05) is 4.72 Å². The molecule has 0 atom stereocenters. The first-order valence-electron chi connectivity index (χ1n) is 8.28. The lowest BCUT2D eigenvalue weighted by Gasteiger charge is -2.11. The fourth-order valence-electron chi connectivity index (χ4n) is 2.81. The van der Waals surface area contributed by atoms with Crippen molar-refractivity contribution in [3.05, 3.63) is 77.1 Å². The number of rotatable bonds is 4. The molecule has 4 nitrogen and oxygen atoms in total. The molecule has 0 spiro atoms. The molecule has 1 aromatic heterocycles. The van der Waals surface area contributed by atoms with E-state index in [0.29, 0.717) is 21.8 Å². The molecule has 0 bridgehead atoms. The second-order valence-electron chi connectivity index (χ2n) is 6.20. The third-order valence-corrected chi connectivity index (χ3v) is 7.09. The molecule has 28 heavy (non-hydrogen) atoms. The number of aryl methyl sites for hydroxylation is 1. The van der Waals surface area contributed by atoms with Gasteiger partial charge in [0.05, 0.1) is 25.8 Å². The average molecular weight is 433 g/mol. The Morgan fingerprint density at radius 2 is 1.86 bits per heavy atom. The van der Waals surface area contributed by atoms with Crippen molar-refractivity contribution in [1.82, 2.24) is 4.98 Å². The largest absolute Gasteiger partial charge is 0.280 e. The Balaban J connectivity index is 1.67. The summed E-state index contributed by atoms with van der Waals surface area (Å²) >= 11 is 7.90. The highest BCUT2D eigenvalue weighted by Crippen LogP contribution is 2.36. The molecule has 0 saturated heterocycles. The van der Waals surface area contributed by atoms with E-state index in [1.807, 2.05) is 24.3 Å². The third-order valence-electron chi connectivity index (χ3n) is 4.19. The highest BCUT2D eigenvalue weighted by Gasteiger charge is 2.19. The fraction of sp³-hybridized carbons (Fsp3) is 0.0500. The van der Waals surface area contributed by atoms with Crippen molar-refractivity contribution in [3.8, 4) is 10.6 Å². The number of anilines is 1. The summed E-state index contributed by atoms with van der Waals surface area (Å²) in [5, 5.41) is 1.12. The smallest absolute Gasteiger partial charge is 0.262 e. The van der Waals surface area contributed by atoms with Crippen LogP contribution < -0.4 is 4.72 Å². The standard InChI is InChI=1S/C20H14ClFN2O2S2/c1-12-6-7-13(22)10-19(12)28(25,26)24-14-8-9-15(16(21)11-14)20-23-17-4-2-3-5-18(17)27-20/h2-11,24H,1H3. The van der Waals surface area contributed by atoms with Gasteiger partial charge in [-0.25, -0.2) is 17.8 Å². The maximum atomic E-state index is 13.5. The molecule has 0 aliphatic heterocycles. The van der Waals surface area contributed by atoms with E-state index < -0.39 is 15.8 Å². The van der Waals surface area contributed by atoms with E-state index in [9.17, 15) is 12.8 Å². The quantitative estimate of drug-likeness (QED) is 0.439. The molecular weight excluding hydrogens is 419 g/mol. The Hall–Kier alpha value is -2.48. The highest BCUT2D eigenvalue weighted by molar-refractivity contribution is 7.92. The molecule has 0 aliphatic rings. The maximum Gasteiger partial charge on any atom is 0.262 e. The van der Waals surface area contributed by atoms with Crippen LogP contribution in [0.5, 0.6) is 0 Å². The summed E-state index contributed by atoms with van der Waals surface area (Å²) in [6.45, 7) is 1.61. The van der Waals surface area contributed by atoms with E-state index in [1.54, 1.807) is 19.1 Å². The zero-order chi connectivity index (χ0) is 19.9. The lowest BCUT2D eigenvalue weighted by molar-refractivity contribution is 0.594. The van der Waals surface area contributed by atoms with Gasteiger partial charge in [0, 0.05) is 5.56 Å². The molecule has 0 aliphatic carbocycles. The number of hydrogen-bond acceptors (Lipinski definition) is 4. The van der Waals surface area contributed by atoms with Crippen molar-refractivity contribution in [2.45, 2.75) is 11.8 Å². The van der Waals surface area contributed by atoms with Gasteiger partial charge < -0.3 is 0 Å². The molecule has 4 aromatic rings. The molecule has 0 radical (unpaired) electrons. The number of nitrogens with zero attached hydrogens (tertiary/aromatic N) is 1. The average Bonchev–Trinajstić information content (AvgIpc) is 3.07. The van der Waals surface area contributed by atoms with Gasteiger partial charge in [0.15, 0.2) is 0 Å². The summed E-state index contributed by atoms with van der Waals surface area (Å²) < 4.78 is 42.2. The Morgan fingerprint density at radius 3 is 2.61 bits per heavy atom. The zero-order valence-corrected chi connectivity index (χ0v) is 17.0. The van der Waals surface area contributed by atoms with Gasteiger partial charge in [0.2, 0.25) is 0 Å². The number of para-hydroxylation sites is 1. The van der Waals surface area contributed by atoms with Crippen LogP contribution in [0.15, 0.2) is 65.6 Å². The van der Waals surface area contributed by atoms with Crippen LogP contribution in [0.3, 0.4) is 0 Å². The van der Waals surface area contributed by atoms with Crippen LogP contribution in [0.1, 0.15) is 5.56 Å². The van der Waals surface area contributed by atoms with Crippen molar-refractivity contribution in [3.63, 3.8) is 0 Å². The van der Waals surface area contributed by atoms with Crippen LogP contribution in [0.4, 0.5) is 10.1 Å². The van der Waals surface area contributed by atoms with Crippen molar-refractivity contribution in [1.29, 1.82) is 0 Å². The second kappa shape index (κ2) is 7.16. The number of hydrogen-bond donors (Lipinski definition) is 1. The monoisotopic (exact) mass is 432 g/mol. The first-order valence-corrected chi connectivity index (χ1v) is 11.0. The predicted molar refractivity (Wildman–Crippen MR) is 112 cm³/mol. The van der Waals surface area contributed by atoms with Gasteiger partial charge in [0.25, 0.3) is 10.0 Å². The number of fused-ring (bicyclic) bond motifs is 1. The molecule has 0 fully saturated rings. The van der Waals surface area contributed by atoms with Crippen LogP contribution >= 0.6 is 22.9 Å². The van der Waals surface area contributed by atoms with E-state index in [0.717, 1.165) is 21.3 Å². The zero-order valence-electron chi connectivity index (χ0n) is 14.6. The van der Waals surface area contributed by atoms with Crippen LogP contribution in [0, 0.1) is 12.7 Å². The topological polar surface area (TPSA) is 59.1 Å². The summed E-state index contributed by atoms with van der Waals surface area (Å²) in [5.74, 6) is -0.616. The first kappa shape index (κ1) is 18.9. The minimum Gasteiger partial charge on any atom is -0.280 e. The Bertz CT molecular complexity index is 1270. The number of benzene rings is 3. The van der Waals surface area contributed by atoms with Crippen LogP contribution in [-0.2, 0) is 10.0 Å². The minimum atomic E-state index is -3.94. The number of aromatic nitrogens is 1. The van der Waals surface area contributed by atoms with Crippen LogP contribution in [-0.4, -0.2) is 13.4 Å². The van der Waals surface area contributed by atoms with Crippen LogP contribution in [0.2, 0.25) is 5.02 Å². The number of halogens is 2. The highest BCUT2D eigenvalue weighted by atomic mass is 35.5. The van der Waals surface area contributed by atoms with E-state index in [4.69, 9.17) is 11.6 Å². The summed E-state index contributed by atoms with van der Waals surface area (Å²) in [5.41, 5.74) is 2.34. The van der Waals surface area contributed by atoms with Gasteiger partial charge in [-0.3, -0.25) is 4.72 Å². The molecule has 142 valence electrons. The Kier molecular flexibility index (Phi) is 4.82. The van der Waals surface area contributed by atoms with Crippen molar-refractivity contribution >= 4 is 48.9 Å². The molecule has 1 heterocycles. The minimum absolute atomic E-state index is 0.112. The number of sulfonamides is 1. The van der Waals surface area contributed by atoms with E-state index in [-0.39, 0.29) is 4.90 Å². The summed E-state index contributed by atoms with van der Waals surface area (Å²) in [6.07, 6.45) is 0. The predicted octanol–water partition coefficient (Wildman–Crippen LogP) is 5.87. The maximum absolute atomic E-state index is 13.5. The van der Waals surface area contributed by atoms with Gasteiger partial charge in [-0.15, -0.1) is 11.3 Å². The number of nitrogens with one attached hydrogen (secondary N) is 1. The van der Waals surface area contributed by atoms with Gasteiger partial charge in [-0.05, 0) is 55.0 Å². The molecule has 0 amide bonds. The van der Waals surface area contributed by atoms with Crippen molar-refractivity contribution in [2.24, 2.45) is 0 Å². The Labute approximate surface area is 170 Å². The van der Waals surface area contributed by atoms with E-state index in [2.05, 4.69) is 9.71 Å². The fourth-order valence-corrected chi connectivity index (χ4v) is 5.45. The summed E-state index contributed by atoms with van der Waals surface area (Å²) in [7, 11) is -3.94. The summed E-state index contributed by atoms with van der Waals surface area (Å²) in [4.78, 5) is 4.46. The molecule has 0 saturated carbocycles. The lowest BCUT2D eigenvalue weighted by atomic mass is 10.2. The normalized spacial score (nSPS) is 11.7. The molecule has 4 rings (SSSR count). The second-order valence-corrected chi connectivity index (χ2v) is 9.29. The molecule has 1 N–H and O–H groups in total. The lowest BCUT2D eigenvalue weighted by Crippen LogP contribution is -2.14. The molecular formula is C20H14ClFN2O2S2. The van der Waals surface area contributed by atoms with E-state index in [1.165, 1.54) is 29.5 Å². The number of thiazole rings is 1. The summed E-state index contributed by atoms with van der Waals surface area (Å²) in [6, 6.07) is 16.3. The van der Waals surface area contributed by atoms with Crippen LogP contribution in [0.25, 0.3) is 20.8 Å². The molecule has 3 aromatic carbocycles. The molecule has 8 heteroatoms. The van der Waals surface area contributed by atoms with Crippen molar-refractivity contribution < 1.29 is 12.8 Å². The van der Waals surface area contributed by atoms with Gasteiger partial charge in [-0.2, -0.15) is 0 Å². The third kappa shape index (κ3) is 3.61. The first-order chi connectivity index (χ1) is 13.3.